The molecule has 2 rings (SSSR count). The maximum Gasteiger partial charge on any atom is 0.247 e. The van der Waals surface area contributed by atoms with Gasteiger partial charge < -0.3 is 9.80 Å². The Morgan fingerprint density at radius 3 is 1.96 bits per heavy atom. The second kappa shape index (κ2) is 7.97. The summed E-state index contributed by atoms with van der Waals surface area (Å²) in [6.07, 6.45) is 0. The fraction of sp³-hybridized carbons (Fsp3) is 0.333. The van der Waals surface area contributed by atoms with Crippen LogP contribution in [0.2, 0.25) is 0 Å². The quantitative estimate of drug-likeness (QED) is 0.826. The first kappa shape index (κ1) is 18.7. The molecule has 0 saturated carbocycles. The lowest BCUT2D eigenvalue weighted by Crippen LogP contribution is -2.43. The van der Waals surface area contributed by atoms with E-state index in [1.807, 2.05) is 70.2 Å². The zero-order chi connectivity index (χ0) is 18.6. The molecule has 4 heteroatoms. The highest BCUT2D eigenvalue weighted by Gasteiger charge is 2.23. The minimum atomic E-state index is -0.132. The van der Waals surface area contributed by atoms with Crippen molar-refractivity contribution in [2.75, 3.05) is 22.9 Å². The van der Waals surface area contributed by atoms with Gasteiger partial charge in [0.25, 0.3) is 0 Å². The van der Waals surface area contributed by atoms with E-state index in [0.717, 1.165) is 28.1 Å². The predicted octanol–water partition coefficient (Wildman–Crippen LogP) is 4.02. The lowest BCUT2D eigenvalue weighted by atomic mass is 10.0. The fourth-order valence-corrected chi connectivity index (χ4v) is 3.28. The van der Waals surface area contributed by atoms with E-state index in [1.54, 1.807) is 9.80 Å². The van der Waals surface area contributed by atoms with Crippen LogP contribution in [0.25, 0.3) is 0 Å². The van der Waals surface area contributed by atoms with Crippen LogP contribution in [0.3, 0.4) is 0 Å². The van der Waals surface area contributed by atoms with Gasteiger partial charge in [-0.1, -0.05) is 35.9 Å². The zero-order valence-electron chi connectivity index (χ0n) is 15.7. The number of rotatable bonds is 5. The summed E-state index contributed by atoms with van der Waals surface area (Å²) in [5.41, 5.74) is 4.82. The second-order valence-corrected chi connectivity index (χ2v) is 6.33. The first-order valence-corrected chi connectivity index (χ1v) is 8.56. The highest BCUT2D eigenvalue weighted by Crippen LogP contribution is 2.27. The normalized spacial score (nSPS) is 10.4. The van der Waals surface area contributed by atoms with Crippen molar-refractivity contribution in [1.82, 2.24) is 0 Å². The number of hydrogen-bond acceptors (Lipinski definition) is 2. The standard InChI is InChI=1S/C21H26N2O2/c1-6-22(19-10-8-7-9-11-19)20(25)14-23(18(5)24)21-16(3)12-15(2)13-17(21)4/h7-13H,6,14H2,1-5H3. The summed E-state index contributed by atoms with van der Waals surface area (Å²) in [6.45, 7) is 10.0. The van der Waals surface area contributed by atoms with E-state index in [0.29, 0.717) is 6.54 Å². The van der Waals surface area contributed by atoms with E-state index in [1.165, 1.54) is 6.92 Å². The van der Waals surface area contributed by atoms with Gasteiger partial charge in [0.05, 0.1) is 5.69 Å². The number of para-hydroxylation sites is 1. The third-order valence-electron chi connectivity index (χ3n) is 4.26. The van der Waals surface area contributed by atoms with E-state index in [9.17, 15) is 9.59 Å². The van der Waals surface area contributed by atoms with Crippen LogP contribution in [0.4, 0.5) is 11.4 Å². The van der Waals surface area contributed by atoms with Gasteiger partial charge in [-0.15, -0.1) is 0 Å². The molecule has 0 aromatic heterocycles. The molecule has 0 aliphatic carbocycles. The monoisotopic (exact) mass is 338 g/mol. The zero-order valence-corrected chi connectivity index (χ0v) is 15.7. The van der Waals surface area contributed by atoms with Gasteiger partial charge >= 0.3 is 0 Å². The summed E-state index contributed by atoms with van der Waals surface area (Å²) in [5.74, 6) is -0.226. The molecule has 0 saturated heterocycles. The van der Waals surface area contributed by atoms with Crippen molar-refractivity contribution < 1.29 is 9.59 Å². The van der Waals surface area contributed by atoms with E-state index >= 15 is 0 Å². The third kappa shape index (κ3) is 4.27. The topological polar surface area (TPSA) is 40.6 Å². The molecule has 0 N–H and O–H groups in total. The van der Waals surface area contributed by atoms with Crippen molar-refractivity contribution in [1.29, 1.82) is 0 Å². The Hall–Kier alpha value is -2.62. The molecule has 0 spiro atoms. The van der Waals surface area contributed by atoms with Crippen LogP contribution < -0.4 is 9.80 Å². The average molecular weight is 338 g/mol. The molecule has 132 valence electrons. The molecule has 0 aliphatic heterocycles. The van der Waals surface area contributed by atoms with E-state index in [4.69, 9.17) is 0 Å². The Bertz CT molecular complexity index is 746. The van der Waals surface area contributed by atoms with Crippen molar-refractivity contribution in [3.8, 4) is 0 Å². The number of hydrogen-bond donors (Lipinski definition) is 0. The van der Waals surface area contributed by atoms with Gasteiger partial charge in [-0.2, -0.15) is 0 Å². The van der Waals surface area contributed by atoms with E-state index < -0.39 is 0 Å². The number of carbonyl (C=O) groups is 2. The first-order valence-electron chi connectivity index (χ1n) is 8.56. The molecular weight excluding hydrogens is 312 g/mol. The van der Waals surface area contributed by atoms with E-state index in [2.05, 4.69) is 0 Å². The highest BCUT2D eigenvalue weighted by atomic mass is 16.2. The molecule has 0 atom stereocenters. The Labute approximate surface area is 150 Å². The van der Waals surface area contributed by atoms with Gasteiger partial charge in [-0.05, 0) is 51.0 Å². The summed E-state index contributed by atoms with van der Waals surface area (Å²) >= 11 is 0. The van der Waals surface area contributed by atoms with Crippen LogP contribution in [0.1, 0.15) is 30.5 Å². The summed E-state index contributed by atoms with van der Waals surface area (Å²) in [4.78, 5) is 28.4. The van der Waals surface area contributed by atoms with Crippen molar-refractivity contribution in [3.63, 3.8) is 0 Å². The predicted molar refractivity (Wildman–Crippen MR) is 103 cm³/mol. The van der Waals surface area contributed by atoms with Crippen LogP contribution >= 0.6 is 0 Å². The lowest BCUT2D eigenvalue weighted by Gasteiger charge is -2.28. The van der Waals surface area contributed by atoms with Crippen LogP contribution in [0.15, 0.2) is 42.5 Å². The Morgan fingerprint density at radius 1 is 0.920 bits per heavy atom. The van der Waals surface area contributed by atoms with Crippen molar-refractivity contribution in [3.05, 3.63) is 59.2 Å². The van der Waals surface area contributed by atoms with Gasteiger partial charge in [-0.3, -0.25) is 9.59 Å². The Morgan fingerprint density at radius 2 is 1.48 bits per heavy atom. The maximum atomic E-state index is 12.9. The largest absolute Gasteiger partial charge is 0.311 e. The number of aryl methyl sites for hydroxylation is 3. The van der Waals surface area contributed by atoms with Gasteiger partial charge in [0.2, 0.25) is 11.8 Å². The van der Waals surface area contributed by atoms with Crippen LogP contribution in [-0.4, -0.2) is 24.9 Å². The summed E-state index contributed by atoms with van der Waals surface area (Å²) in [5, 5.41) is 0. The average Bonchev–Trinajstić information content (AvgIpc) is 2.54. The molecule has 2 aromatic carbocycles. The molecular formula is C21H26N2O2. The highest BCUT2D eigenvalue weighted by molar-refractivity contribution is 6.03. The molecule has 0 heterocycles. The van der Waals surface area contributed by atoms with Crippen LogP contribution in [0, 0.1) is 20.8 Å². The Kier molecular flexibility index (Phi) is 5.97. The van der Waals surface area contributed by atoms with E-state index in [-0.39, 0.29) is 18.4 Å². The molecule has 0 unspecified atom stereocenters. The molecule has 0 radical (unpaired) electrons. The first-order chi connectivity index (χ1) is 11.8. The van der Waals surface area contributed by atoms with Gasteiger partial charge in [0.1, 0.15) is 6.54 Å². The van der Waals surface area contributed by atoms with Crippen molar-refractivity contribution in [2.45, 2.75) is 34.6 Å². The lowest BCUT2D eigenvalue weighted by molar-refractivity contribution is -0.121. The van der Waals surface area contributed by atoms with Gasteiger partial charge in [0, 0.05) is 19.2 Å². The van der Waals surface area contributed by atoms with Gasteiger partial charge in [-0.25, -0.2) is 0 Å². The summed E-state index contributed by atoms with van der Waals surface area (Å²) in [7, 11) is 0. The number of carbonyl (C=O) groups excluding carboxylic acids is 2. The van der Waals surface area contributed by atoms with Gasteiger partial charge in [0.15, 0.2) is 0 Å². The molecule has 2 aromatic rings. The number of nitrogens with zero attached hydrogens (tertiary/aromatic N) is 2. The van der Waals surface area contributed by atoms with Crippen molar-refractivity contribution >= 4 is 23.2 Å². The number of anilines is 2. The third-order valence-corrected chi connectivity index (χ3v) is 4.26. The number of amides is 2. The van der Waals surface area contributed by atoms with Crippen molar-refractivity contribution in [2.24, 2.45) is 0 Å². The number of benzene rings is 2. The maximum absolute atomic E-state index is 12.9. The summed E-state index contributed by atoms with van der Waals surface area (Å²) in [6, 6.07) is 13.6. The molecule has 2 amide bonds. The minimum absolute atomic E-state index is 0.0306. The molecule has 0 bridgehead atoms. The minimum Gasteiger partial charge on any atom is -0.311 e. The smallest absolute Gasteiger partial charge is 0.247 e. The fourth-order valence-electron chi connectivity index (χ4n) is 3.28. The second-order valence-electron chi connectivity index (χ2n) is 6.33. The molecule has 0 fully saturated rings. The molecule has 4 nitrogen and oxygen atoms in total. The van der Waals surface area contributed by atoms with Crippen LogP contribution in [-0.2, 0) is 9.59 Å². The molecule has 0 aliphatic rings. The Balaban J connectivity index is 2.34. The number of likely N-dealkylation sites (N-methyl/N-ethyl adjacent to an activating group) is 1. The SMILES string of the molecule is CCN(C(=O)CN(C(C)=O)c1c(C)cc(C)cc1C)c1ccccc1. The summed E-state index contributed by atoms with van der Waals surface area (Å²) < 4.78 is 0. The molecule has 25 heavy (non-hydrogen) atoms. The van der Waals surface area contributed by atoms with Crippen LogP contribution in [0.5, 0.6) is 0 Å².